The number of benzene rings is 2. The van der Waals surface area contributed by atoms with Crippen LogP contribution in [0, 0.1) is 29.1 Å². The largest absolute Gasteiger partial charge is 0.497 e. The van der Waals surface area contributed by atoms with Crippen LogP contribution < -0.4 is 9.47 Å². The number of hydrogen-bond donors (Lipinski definition) is 0. The molecule has 3 atom stereocenters. The lowest BCUT2D eigenvalue weighted by Gasteiger charge is -2.25. The first-order chi connectivity index (χ1) is 14.7. The fraction of sp³-hybridized carbons (Fsp3) is 0.333. The summed E-state index contributed by atoms with van der Waals surface area (Å²) in [6.45, 7) is 5.65. The van der Waals surface area contributed by atoms with Crippen LogP contribution in [-0.4, -0.2) is 13.1 Å². The fourth-order valence-corrected chi connectivity index (χ4v) is 3.68. The molecule has 7 heteroatoms. The van der Waals surface area contributed by atoms with Crippen LogP contribution in [0.3, 0.4) is 0 Å². The summed E-state index contributed by atoms with van der Waals surface area (Å²) in [6.07, 6.45) is 0.524. The summed E-state index contributed by atoms with van der Waals surface area (Å²) in [5.74, 6) is 0.587. The van der Waals surface area contributed by atoms with Crippen molar-refractivity contribution in [1.82, 2.24) is 0 Å². The fourth-order valence-electron chi connectivity index (χ4n) is 3.28. The third kappa shape index (κ3) is 7.20. The lowest BCUT2D eigenvalue weighted by Crippen LogP contribution is -2.29. The molecule has 0 aliphatic heterocycles. The minimum absolute atomic E-state index is 0.0319. The Morgan fingerprint density at radius 1 is 1.03 bits per heavy atom. The van der Waals surface area contributed by atoms with Crippen molar-refractivity contribution in [3.63, 3.8) is 0 Å². The Morgan fingerprint density at radius 3 is 2.23 bits per heavy atom. The molecule has 164 valence electrons. The number of esters is 1. The van der Waals surface area contributed by atoms with Gasteiger partial charge in [0, 0.05) is 5.56 Å². The number of methoxy groups -OCH3 is 1. The van der Waals surface area contributed by atoms with Crippen molar-refractivity contribution in [3.8, 4) is 23.3 Å². The zero-order valence-electron chi connectivity index (χ0n) is 17.8. The molecule has 0 aliphatic carbocycles. The lowest BCUT2D eigenvalue weighted by molar-refractivity contribution is -0.154. The lowest BCUT2D eigenvalue weighted by atomic mass is 9.84. The van der Waals surface area contributed by atoms with Gasteiger partial charge in [-0.1, -0.05) is 62.2 Å². The quantitative estimate of drug-likeness (QED) is 0.383. The van der Waals surface area contributed by atoms with E-state index in [1.165, 1.54) is 0 Å². The maximum atomic E-state index is 12.9. The molecule has 0 bridgehead atoms. The molecule has 0 radical (unpaired) electrons. The number of carbonyl (C=O) groups excluding carboxylic acids is 1. The monoisotopic (exact) mass is 461 g/mol. The number of nitriles is 1. The van der Waals surface area contributed by atoms with E-state index < -0.39 is 18.0 Å². The van der Waals surface area contributed by atoms with Gasteiger partial charge in [-0.25, -0.2) is 0 Å². The molecule has 5 nitrogen and oxygen atoms in total. The summed E-state index contributed by atoms with van der Waals surface area (Å²) in [6, 6.07) is 16.1. The van der Waals surface area contributed by atoms with Crippen LogP contribution in [-0.2, 0) is 9.53 Å². The van der Waals surface area contributed by atoms with E-state index >= 15 is 0 Å². The van der Waals surface area contributed by atoms with Crippen LogP contribution in [0.4, 0.5) is 0 Å². The summed E-state index contributed by atoms with van der Waals surface area (Å²) in [7, 11) is 1.59. The van der Waals surface area contributed by atoms with Gasteiger partial charge >= 0.3 is 5.97 Å². The Balaban J connectivity index is 2.18. The average molecular weight is 462 g/mol. The van der Waals surface area contributed by atoms with Gasteiger partial charge < -0.3 is 14.2 Å². The van der Waals surface area contributed by atoms with Crippen LogP contribution in [0.5, 0.6) is 17.2 Å². The first kappa shape index (κ1) is 24.6. The summed E-state index contributed by atoms with van der Waals surface area (Å²) in [5, 5.41) is 9.63. The first-order valence-corrected chi connectivity index (χ1v) is 10.6. The normalized spacial score (nSPS) is 13.5. The predicted octanol–water partition coefficient (Wildman–Crippen LogP) is 6.82. The third-order valence-electron chi connectivity index (χ3n) is 4.75. The molecule has 0 saturated carbocycles. The Morgan fingerprint density at radius 2 is 1.68 bits per heavy atom. The molecule has 2 aromatic carbocycles. The summed E-state index contributed by atoms with van der Waals surface area (Å²) < 4.78 is 16.6. The highest BCUT2D eigenvalue weighted by atomic mass is 35.5. The highest BCUT2D eigenvalue weighted by Gasteiger charge is 2.31. The smallest absolute Gasteiger partial charge is 0.311 e. The Kier molecular flexibility index (Phi) is 9.23. The van der Waals surface area contributed by atoms with Gasteiger partial charge in [0.15, 0.2) is 0 Å². The second-order valence-corrected chi connectivity index (χ2v) is 8.39. The molecule has 0 fully saturated rings. The number of halogens is 2. The summed E-state index contributed by atoms with van der Waals surface area (Å²) in [5.41, 5.74) is 0.517. The van der Waals surface area contributed by atoms with E-state index in [4.69, 9.17) is 37.4 Å². The van der Waals surface area contributed by atoms with Gasteiger partial charge in [-0.05, 0) is 48.2 Å². The van der Waals surface area contributed by atoms with Crippen molar-refractivity contribution in [1.29, 1.82) is 5.26 Å². The summed E-state index contributed by atoms with van der Waals surface area (Å²) in [4.78, 5) is 12.9. The van der Waals surface area contributed by atoms with E-state index in [1.54, 1.807) is 61.7 Å². The van der Waals surface area contributed by atoms with E-state index in [1.807, 2.05) is 26.8 Å². The number of allylic oxidation sites excluding steroid dienone is 1. The molecule has 0 N–H and O–H groups in total. The molecule has 0 heterocycles. The van der Waals surface area contributed by atoms with Gasteiger partial charge in [-0.15, -0.1) is 0 Å². The topological polar surface area (TPSA) is 68.6 Å². The number of carbonyl (C=O) groups is 1. The molecule has 2 rings (SSSR count). The first-order valence-electron chi connectivity index (χ1n) is 9.80. The van der Waals surface area contributed by atoms with Crippen molar-refractivity contribution in [2.45, 2.75) is 26.9 Å². The zero-order chi connectivity index (χ0) is 23.0. The van der Waals surface area contributed by atoms with Crippen LogP contribution in [0.15, 0.2) is 59.1 Å². The van der Waals surface area contributed by atoms with Crippen molar-refractivity contribution in [2.24, 2.45) is 17.8 Å². The highest BCUT2D eigenvalue weighted by Crippen LogP contribution is 2.31. The van der Waals surface area contributed by atoms with Crippen LogP contribution in [0.25, 0.3) is 0 Å². The van der Waals surface area contributed by atoms with Gasteiger partial charge in [0.05, 0.1) is 13.0 Å². The SMILES string of the molecule is COc1ccc(Oc2cccc(C(C#N)OC(=O)C(C(C)C)C(C)C=C(Cl)Cl)c2)cc1. The Hall–Kier alpha value is -2.68. The van der Waals surface area contributed by atoms with Gasteiger partial charge in [-0.2, -0.15) is 5.26 Å². The standard InChI is InChI=1S/C24H25Cl2NO4/c1-15(2)23(16(3)12-22(25)26)24(28)31-21(14-27)17-6-5-7-20(13-17)30-19-10-8-18(29-4)9-11-19/h5-13,15-16,21,23H,1-4H3. The van der Waals surface area contributed by atoms with Gasteiger partial charge in [-0.3, -0.25) is 4.79 Å². The second kappa shape index (κ2) is 11.6. The van der Waals surface area contributed by atoms with Gasteiger partial charge in [0.25, 0.3) is 0 Å². The summed E-state index contributed by atoms with van der Waals surface area (Å²) >= 11 is 11.5. The minimum Gasteiger partial charge on any atom is -0.497 e. The molecular formula is C24H25Cl2NO4. The average Bonchev–Trinajstić information content (AvgIpc) is 2.72. The highest BCUT2D eigenvalue weighted by molar-refractivity contribution is 6.55. The van der Waals surface area contributed by atoms with Crippen molar-refractivity contribution >= 4 is 29.2 Å². The minimum atomic E-state index is -1.07. The van der Waals surface area contributed by atoms with E-state index in [0.717, 1.165) is 5.75 Å². The number of ether oxygens (including phenoxy) is 3. The Labute approximate surface area is 193 Å². The van der Waals surface area contributed by atoms with E-state index in [9.17, 15) is 10.1 Å². The number of nitrogens with zero attached hydrogens (tertiary/aromatic N) is 1. The van der Waals surface area contributed by atoms with Gasteiger partial charge in [0.1, 0.15) is 27.8 Å². The molecule has 0 amide bonds. The van der Waals surface area contributed by atoms with Crippen LogP contribution >= 0.6 is 23.2 Å². The zero-order valence-corrected chi connectivity index (χ0v) is 19.4. The van der Waals surface area contributed by atoms with Gasteiger partial charge in [0.2, 0.25) is 6.10 Å². The molecular weight excluding hydrogens is 437 g/mol. The van der Waals surface area contributed by atoms with Crippen LogP contribution in [0.2, 0.25) is 0 Å². The number of hydrogen-bond acceptors (Lipinski definition) is 5. The molecule has 31 heavy (non-hydrogen) atoms. The molecule has 2 aromatic rings. The van der Waals surface area contributed by atoms with Crippen LogP contribution in [0.1, 0.15) is 32.4 Å². The van der Waals surface area contributed by atoms with Crippen molar-refractivity contribution in [3.05, 3.63) is 64.7 Å². The van der Waals surface area contributed by atoms with Crippen molar-refractivity contribution in [2.75, 3.05) is 7.11 Å². The van der Waals surface area contributed by atoms with Crippen molar-refractivity contribution < 1.29 is 19.0 Å². The number of rotatable bonds is 9. The molecule has 0 saturated heterocycles. The van der Waals surface area contributed by atoms with E-state index in [0.29, 0.717) is 17.1 Å². The molecule has 0 spiro atoms. The van der Waals surface area contributed by atoms with E-state index in [2.05, 4.69) is 0 Å². The predicted molar refractivity (Wildman–Crippen MR) is 121 cm³/mol. The maximum Gasteiger partial charge on any atom is 0.311 e. The molecule has 3 unspecified atom stereocenters. The van der Waals surface area contributed by atoms with E-state index in [-0.39, 0.29) is 16.3 Å². The maximum absolute atomic E-state index is 12.9. The third-order valence-corrected chi connectivity index (χ3v) is 5.00. The molecule has 0 aromatic heterocycles. The molecule has 0 aliphatic rings. The Bertz CT molecular complexity index is 947. The second-order valence-electron chi connectivity index (χ2n) is 7.38.